The molecule has 2 aliphatic heterocycles. The van der Waals surface area contributed by atoms with Crippen molar-refractivity contribution in [2.75, 3.05) is 57.3 Å². The molecule has 0 bridgehead atoms. The van der Waals surface area contributed by atoms with E-state index in [0.717, 1.165) is 74.0 Å². The number of hydrogen-bond donors (Lipinski definition) is 0. The average molecular weight is 684 g/mol. The molecule has 0 radical (unpaired) electrons. The van der Waals surface area contributed by atoms with Gasteiger partial charge in [0.05, 0.1) is 16.9 Å². The molecule has 1 saturated heterocycles. The lowest BCUT2D eigenvalue weighted by molar-refractivity contribution is -0.144. The molecule has 0 saturated carbocycles. The molecule has 0 unspecified atom stereocenters. The van der Waals surface area contributed by atoms with Gasteiger partial charge in [0.2, 0.25) is 0 Å². The topological polar surface area (TPSA) is 36.0 Å². The summed E-state index contributed by atoms with van der Waals surface area (Å²) >= 11 is 1.53. The Labute approximate surface area is 285 Å². The van der Waals surface area contributed by atoms with Crippen LogP contribution in [-0.4, -0.2) is 68.2 Å². The molecule has 2 aromatic rings. The fourth-order valence-corrected chi connectivity index (χ4v) is 7.31. The molecule has 0 atom stereocenters. The summed E-state index contributed by atoms with van der Waals surface area (Å²) < 4.78 is 46.0. The van der Waals surface area contributed by atoms with Crippen molar-refractivity contribution in [2.24, 2.45) is 0 Å². The largest absolute Gasteiger partial charge is 0.464 e. The molecule has 1 fully saturated rings. The van der Waals surface area contributed by atoms with Gasteiger partial charge in [0.25, 0.3) is 0 Å². The number of carbonyl (C=O) groups is 1. The first-order chi connectivity index (χ1) is 21.8. The Balaban J connectivity index is 0.00000576. The minimum Gasteiger partial charge on any atom is -0.464 e. The molecule has 2 heterocycles. The third-order valence-corrected chi connectivity index (χ3v) is 10.1. The number of anilines is 2. The lowest BCUT2D eigenvalue weighted by atomic mass is 10.1. The van der Waals surface area contributed by atoms with Crippen molar-refractivity contribution in [3.05, 3.63) is 48.0 Å². The van der Waals surface area contributed by atoms with Gasteiger partial charge in [-0.3, -0.25) is 9.69 Å². The second-order valence-electron chi connectivity index (χ2n) is 12.4. The molecule has 0 aliphatic carbocycles. The zero-order valence-electron chi connectivity index (χ0n) is 27.5. The lowest BCUT2D eigenvalue weighted by Gasteiger charge is -2.36. The number of ether oxygens (including phenoxy) is 1. The Morgan fingerprint density at radius 3 is 1.98 bits per heavy atom. The molecular formula is C36H53ClF3N3O2S. The molecule has 0 spiro atoms. The number of hydrogen-bond acceptors (Lipinski definition) is 6. The third-order valence-electron chi connectivity index (χ3n) is 8.93. The van der Waals surface area contributed by atoms with Crippen molar-refractivity contribution in [1.82, 2.24) is 9.80 Å². The Morgan fingerprint density at radius 2 is 1.33 bits per heavy atom. The van der Waals surface area contributed by atoms with Crippen molar-refractivity contribution in [3.63, 3.8) is 0 Å². The monoisotopic (exact) mass is 683 g/mol. The number of piperazine rings is 1. The van der Waals surface area contributed by atoms with Gasteiger partial charge in [-0.15, -0.1) is 12.4 Å². The number of fused-ring (bicyclic) bond motifs is 2. The molecule has 2 aliphatic rings. The van der Waals surface area contributed by atoms with Crippen molar-refractivity contribution < 1.29 is 22.7 Å². The van der Waals surface area contributed by atoms with E-state index in [0.29, 0.717) is 25.3 Å². The first-order valence-corrected chi connectivity index (χ1v) is 18.0. The maximum atomic E-state index is 13.5. The van der Waals surface area contributed by atoms with Crippen molar-refractivity contribution >= 4 is 41.5 Å². The van der Waals surface area contributed by atoms with Gasteiger partial charge in [-0.2, -0.15) is 13.2 Å². The Hall–Kier alpha value is -1.94. The maximum Gasteiger partial charge on any atom is 0.416 e. The number of para-hydroxylation sites is 1. The summed E-state index contributed by atoms with van der Waals surface area (Å²) in [7, 11) is 0. The van der Waals surface area contributed by atoms with E-state index in [1.54, 1.807) is 6.07 Å². The molecule has 5 nitrogen and oxygen atoms in total. The number of rotatable bonds is 19. The smallest absolute Gasteiger partial charge is 0.416 e. The number of carbonyl (C=O) groups excluding carboxylic acids is 1. The third kappa shape index (κ3) is 12.6. The Kier molecular flexibility index (Phi) is 17.1. The van der Waals surface area contributed by atoms with Gasteiger partial charge < -0.3 is 14.5 Å². The second-order valence-corrected chi connectivity index (χ2v) is 13.5. The van der Waals surface area contributed by atoms with Crippen LogP contribution in [0.25, 0.3) is 0 Å². The van der Waals surface area contributed by atoms with Gasteiger partial charge in [0, 0.05) is 55.5 Å². The quantitative estimate of drug-likeness (QED) is 0.108. The van der Waals surface area contributed by atoms with Gasteiger partial charge in [-0.1, -0.05) is 95.0 Å². The lowest BCUT2D eigenvalue weighted by Crippen LogP contribution is -2.47. The van der Waals surface area contributed by atoms with Gasteiger partial charge >= 0.3 is 12.1 Å². The highest BCUT2D eigenvalue weighted by atomic mass is 35.5. The van der Waals surface area contributed by atoms with E-state index in [1.807, 2.05) is 24.3 Å². The normalized spacial score (nSPS) is 15.3. The van der Waals surface area contributed by atoms with Crippen molar-refractivity contribution in [2.45, 2.75) is 106 Å². The number of esters is 1. The van der Waals surface area contributed by atoms with Crippen LogP contribution in [0.5, 0.6) is 0 Å². The highest BCUT2D eigenvalue weighted by molar-refractivity contribution is 7.99. The number of alkyl halides is 3. The van der Waals surface area contributed by atoms with Crippen LogP contribution in [0.2, 0.25) is 0 Å². The standard InChI is InChI=1S/C36H52F3N3O2S.ClH/c1-2-3-4-5-6-7-8-9-10-11-12-18-35(43)44-28-27-41-25-23-40(24-26-41)21-15-22-42-31-16-13-14-17-33(31)45-34-20-19-30(29-32(34)42)36(37,38)39;/h13-14,16-17,19-20,29H,2-12,15,18,21-28H2,1H3;1H. The van der Waals surface area contributed by atoms with Crippen LogP contribution in [-0.2, 0) is 15.7 Å². The van der Waals surface area contributed by atoms with Crippen LogP contribution in [0.15, 0.2) is 52.3 Å². The van der Waals surface area contributed by atoms with E-state index in [-0.39, 0.29) is 18.4 Å². The van der Waals surface area contributed by atoms with Crippen molar-refractivity contribution in [1.29, 1.82) is 0 Å². The van der Waals surface area contributed by atoms with Crippen molar-refractivity contribution in [3.8, 4) is 0 Å². The molecule has 2 aromatic carbocycles. The number of halogens is 4. The SMILES string of the molecule is CCCCCCCCCCCCCC(=O)OCCN1CCN(CCCN2c3ccccc3Sc3ccc(C(F)(F)F)cc32)CC1.Cl. The van der Waals surface area contributed by atoms with E-state index < -0.39 is 11.7 Å². The summed E-state index contributed by atoms with van der Waals surface area (Å²) in [5, 5.41) is 0. The molecule has 4 rings (SSSR count). The van der Waals surface area contributed by atoms with Crippen LogP contribution < -0.4 is 4.90 Å². The summed E-state index contributed by atoms with van der Waals surface area (Å²) in [5.74, 6) is -0.0776. The van der Waals surface area contributed by atoms with Crippen LogP contribution in [0, 0.1) is 0 Å². The molecule has 46 heavy (non-hydrogen) atoms. The molecule has 10 heteroatoms. The van der Waals surface area contributed by atoms with Crippen LogP contribution in [0.3, 0.4) is 0 Å². The first kappa shape index (κ1) is 38.5. The Bertz CT molecular complexity index is 1180. The van der Waals surface area contributed by atoms with Gasteiger partial charge in [-0.25, -0.2) is 0 Å². The van der Waals surface area contributed by atoms with Crippen LogP contribution in [0.4, 0.5) is 24.5 Å². The Morgan fingerprint density at radius 1 is 0.739 bits per heavy atom. The zero-order chi connectivity index (χ0) is 31.9. The first-order valence-electron chi connectivity index (χ1n) is 17.2. The fraction of sp³-hybridized carbons (Fsp3) is 0.639. The van der Waals surface area contributed by atoms with Crippen LogP contribution in [0.1, 0.15) is 96.0 Å². The molecule has 0 N–H and O–H groups in total. The van der Waals surface area contributed by atoms with E-state index in [9.17, 15) is 18.0 Å². The summed E-state index contributed by atoms with van der Waals surface area (Å²) in [6.07, 6.45) is 11.0. The van der Waals surface area contributed by atoms with E-state index >= 15 is 0 Å². The minimum atomic E-state index is -4.37. The summed E-state index contributed by atoms with van der Waals surface area (Å²) in [5.41, 5.74) is 0.996. The molecular weight excluding hydrogens is 631 g/mol. The second kappa shape index (κ2) is 20.4. The van der Waals surface area contributed by atoms with E-state index in [1.165, 1.54) is 81.7 Å². The number of benzene rings is 2. The van der Waals surface area contributed by atoms with Gasteiger partial charge in [-0.05, 0) is 49.7 Å². The predicted molar refractivity (Wildman–Crippen MR) is 186 cm³/mol. The summed E-state index contributed by atoms with van der Waals surface area (Å²) in [4.78, 5) is 20.9. The van der Waals surface area contributed by atoms with E-state index in [4.69, 9.17) is 4.74 Å². The fourth-order valence-electron chi connectivity index (χ4n) is 6.23. The summed E-state index contributed by atoms with van der Waals surface area (Å²) in [6, 6.07) is 12.0. The van der Waals surface area contributed by atoms with Gasteiger partial charge in [0.15, 0.2) is 0 Å². The minimum absolute atomic E-state index is 0. The van der Waals surface area contributed by atoms with Gasteiger partial charge in [0.1, 0.15) is 6.61 Å². The zero-order valence-corrected chi connectivity index (χ0v) is 29.1. The maximum absolute atomic E-state index is 13.5. The molecule has 258 valence electrons. The predicted octanol–water partition coefficient (Wildman–Crippen LogP) is 9.98. The van der Waals surface area contributed by atoms with Crippen LogP contribution >= 0.6 is 24.2 Å². The highest BCUT2D eigenvalue weighted by Crippen LogP contribution is 2.49. The highest BCUT2D eigenvalue weighted by Gasteiger charge is 2.33. The number of unbranched alkanes of at least 4 members (excludes halogenated alkanes) is 10. The van der Waals surface area contributed by atoms with E-state index in [2.05, 4.69) is 21.6 Å². The average Bonchev–Trinajstić information content (AvgIpc) is 3.03. The number of nitrogens with zero attached hydrogens (tertiary/aromatic N) is 3. The molecule has 0 amide bonds. The summed E-state index contributed by atoms with van der Waals surface area (Å²) in [6.45, 7) is 8.74. The molecule has 0 aromatic heterocycles.